The van der Waals surface area contributed by atoms with Gasteiger partial charge in [-0.1, -0.05) is 12.5 Å². The van der Waals surface area contributed by atoms with Crippen LogP contribution in [0.3, 0.4) is 0 Å². The van der Waals surface area contributed by atoms with Gasteiger partial charge in [-0.2, -0.15) is 0 Å². The summed E-state index contributed by atoms with van der Waals surface area (Å²) in [6.07, 6.45) is 5.81. The lowest BCUT2D eigenvalue weighted by Crippen LogP contribution is -2.07. The number of epoxide rings is 1. The van der Waals surface area contributed by atoms with E-state index in [2.05, 4.69) is 26.8 Å². The van der Waals surface area contributed by atoms with E-state index in [4.69, 9.17) is 18.9 Å². The fraction of sp³-hybridized carbons (Fsp3) is 0.556. The van der Waals surface area contributed by atoms with Gasteiger partial charge in [-0.25, -0.2) is 0 Å². The molecular weight excluding hydrogens is 280 g/mol. The fourth-order valence-corrected chi connectivity index (χ4v) is 2.67. The van der Waals surface area contributed by atoms with Crippen molar-refractivity contribution in [3.05, 3.63) is 29.8 Å². The largest absolute Gasteiger partial charge is 0.489 e. The topological polar surface area (TPSA) is 40.2 Å². The molecule has 0 spiro atoms. The Kier molecular flexibility index (Phi) is 4.30. The van der Waals surface area contributed by atoms with Crippen molar-refractivity contribution in [2.24, 2.45) is 0 Å². The van der Waals surface area contributed by atoms with Crippen molar-refractivity contribution >= 4 is 0 Å². The summed E-state index contributed by atoms with van der Waals surface area (Å²) in [5.74, 6) is 2.34. The highest BCUT2D eigenvalue weighted by Crippen LogP contribution is 2.42. The smallest absolute Gasteiger partial charge is 0.231 e. The molecule has 2 aliphatic heterocycles. The van der Waals surface area contributed by atoms with E-state index in [1.54, 1.807) is 0 Å². The summed E-state index contributed by atoms with van der Waals surface area (Å²) in [6.45, 7) is 7.38. The van der Waals surface area contributed by atoms with Gasteiger partial charge in [-0.3, -0.25) is 0 Å². The van der Waals surface area contributed by atoms with Gasteiger partial charge in [0, 0.05) is 6.07 Å². The van der Waals surface area contributed by atoms with Gasteiger partial charge in [0.2, 0.25) is 6.79 Å². The second-order valence-electron chi connectivity index (χ2n) is 6.19. The molecule has 4 nitrogen and oxygen atoms in total. The summed E-state index contributed by atoms with van der Waals surface area (Å²) >= 11 is 0. The number of allylic oxidation sites excluding steroid dienone is 1. The first kappa shape index (κ1) is 15.2. The maximum absolute atomic E-state index is 5.74. The zero-order valence-corrected chi connectivity index (χ0v) is 13.6. The molecule has 0 N–H and O–H groups in total. The Hall–Kier alpha value is -1.68. The normalized spacial score (nSPS) is 26.1. The Morgan fingerprint density at radius 3 is 2.95 bits per heavy atom. The Bertz CT molecular complexity index is 566. The predicted octanol–water partition coefficient (Wildman–Crippen LogP) is 4.09. The van der Waals surface area contributed by atoms with Crippen LogP contribution >= 0.6 is 0 Å². The maximum Gasteiger partial charge on any atom is 0.231 e. The van der Waals surface area contributed by atoms with E-state index in [-0.39, 0.29) is 12.4 Å². The van der Waals surface area contributed by atoms with Crippen LogP contribution in [0, 0.1) is 0 Å². The zero-order valence-electron chi connectivity index (χ0n) is 13.6. The summed E-state index contributed by atoms with van der Waals surface area (Å²) in [6, 6.07) is 5.65. The van der Waals surface area contributed by atoms with Crippen molar-refractivity contribution in [2.75, 3.05) is 13.4 Å². The number of hydrogen-bond donors (Lipinski definition) is 0. The molecule has 0 bridgehead atoms. The lowest BCUT2D eigenvalue weighted by Gasteiger charge is -2.06. The maximum atomic E-state index is 5.74. The van der Waals surface area contributed by atoms with Crippen molar-refractivity contribution in [3.8, 4) is 17.2 Å². The SMILES string of the molecule is CCC1(C)OC1CCC(C)=CCOc1ccc2c(c1)OCO2. The number of benzene rings is 1. The van der Waals surface area contributed by atoms with Crippen LogP contribution in [0.1, 0.15) is 40.0 Å². The van der Waals surface area contributed by atoms with Crippen molar-refractivity contribution < 1.29 is 18.9 Å². The van der Waals surface area contributed by atoms with Crippen molar-refractivity contribution in [1.82, 2.24) is 0 Å². The molecule has 22 heavy (non-hydrogen) atoms. The van der Waals surface area contributed by atoms with Crippen LogP contribution in [-0.2, 0) is 4.74 Å². The van der Waals surface area contributed by atoms with Crippen LogP contribution in [0.15, 0.2) is 29.8 Å². The highest BCUT2D eigenvalue weighted by Gasteiger charge is 2.49. The molecule has 2 heterocycles. The fourth-order valence-electron chi connectivity index (χ4n) is 2.67. The van der Waals surface area contributed by atoms with E-state index in [1.165, 1.54) is 5.57 Å². The average molecular weight is 304 g/mol. The molecule has 0 amide bonds. The van der Waals surface area contributed by atoms with Crippen LogP contribution < -0.4 is 14.2 Å². The Morgan fingerprint density at radius 2 is 2.18 bits per heavy atom. The van der Waals surface area contributed by atoms with Gasteiger partial charge < -0.3 is 18.9 Å². The van der Waals surface area contributed by atoms with E-state index in [0.29, 0.717) is 12.7 Å². The molecule has 2 aliphatic rings. The zero-order chi connectivity index (χ0) is 15.6. The Balaban J connectivity index is 1.42. The first-order valence-corrected chi connectivity index (χ1v) is 7.96. The quantitative estimate of drug-likeness (QED) is 0.562. The molecule has 4 heteroatoms. The van der Waals surface area contributed by atoms with Gasteiger partial charge in [0.15, 0.2) is 11.5 Å². The van der Waals surface area contributed by atoms with E-state index in [1.807, 2.05) is 18.2 Å². The van der Waals surface area contributed by atoms with Crippen LogP contribution in [0.4, 0.5) is 0 Å². The number of rotatable bonds is 7. The lowest BCUT2D eigenvalue weighted by molar-refractivity contribution is 0.174. The highest BCUT2D eigenvalue weighted by molar-refractivity contribution is 5.46. The van der Waals surface area contributed by atoms with Gasteiger partial charge in [0.1, 0.15) is 12.4 Å². The molecule has 1 aromatic carbocycles. The molecule has 1 aromatic rings. The molecule has 3 rings (SSSR count). The van der Waals surface area contributed by atoms with E-state index < -0.39 is 0 Å². The lowest BCUT2D eigenvalue weighted by atomic mass is 9.99. The van der Waals surface area contributed by atoms with Crippen LogP contribution in [0.25, 0.3) is 0 Å². The minimum Gasteiger partial charge on any atom is -0.489 e. The molecule has 0 aliphatic carbocycles. The van der Waals surface area contributed by atoms with Gasteiger partial charge in [0.25, 0.3) is 0 Å². The summed E-state index contributed by atoms with van der Waals surface area (Å²) < 4.78 is 22.1. The standard InChI is InChI=1S/C18H24O4/c1-4-18(3)17(22-18)8-5-13(2)9-10-19-14-6-7-15-16(11-14)21-12-20-15/h6-7,9,11,17H,4-5,8,10,12H2,1-3H3. The van der Waals surface area contributed by atoms with Gasteiger partial charge >= 0.3 is 0 Å². The molecule has 1 fully saturated rings. The van der Waals surface area contributed by atoms with Crippen LogP contribution in [0.2, 0.25) is 0 Å². The van der Waals surface area contributed by atoms with Gasteiger partial charge in [-0.15, -0.1) is 0 Å². The number of fused-ring (bicyclic) bond motifs is 1. The molecule has 0 saturated carbocycles. The molecule has 2 atom stereocenters. The monoisotopic (exact) mass is 304 g/mol. The van der Waals surface area contributed by atoms with Gasteiger partial charge in [-0.05, 0) is 51.3 Å². The molecular formula is C18H24O4. The van der Waals surface area contributed by atoms with Crippen molar-refractivity contribution in [2.45, 2.75) is 51.7 Å². The first-order valence-electron chi connectivity index (χ1n) is 7.96. The summed E-state index contributed by atoms with van der Waals surface area (Å²) in [4.78, 5) is 0. The Morgan fingerprint density at radius 1 is 1.36 bits per heavy atom. The molecule has 2 unspecified atom stereocenters. The van der Waals surface area contributed by atoms with E-state index in [9.17, 15) is 0 Å². The van der Waals surface area contributed by atoms with E-state index in [0.717, 1.165) is 36.5 Å². The third-order valence-electron chi connectivity index (χ3n) is 4.56. The second-order valence-corrected chi connectivity index (χ2v) is 6.19. The van der Waals surface area contributed by atoms with E-state index >= 15 is 0 Å². The van der Waals surface area contributed by atoms with Crippen molar-refractivity contribution in [3.63, 3.8) is 0 Å². The van der Waals surface area contributed by atoms with Crippen LogP contribution in [-0.4, -0.2) is 25.1 Å². The minimum atomic E-state index is 0.128. The molecule has 0 radical (unpaired) electrons. The summed E-state index contributed by atoms with van der Waals surface area (Å²) in [7, 11) is 0. The summed E-state index contributed by atoms with van der Waals surface area (Å²) in [5.41, 5.74) is 1.47. The average Bonchev–Trinajstić information content (AvgIpc) is 2.95. The third-order valence-corrected chi connectivity index (χ3v) is 4.56. The highest BCUT2D eigenvalue weighted by atomic mass is 16.7. The first-order chi connectivity index (χ1) is 10.6. The Labute approximate surface area is 132 Å². The second kappa shape index (κ2) is 6.21. The molecule has 0 aromatic heterocycles. The van der Waals surface area contributed by atoms with Crippen LogP contribution in [0.5, 0.6) is 17.2 Å². The minimum absolute atomic E-state index is 0.128. The molecule has 1 saturated heterocycles. The number of ether oxygens (including phenoxy) is 4. The summed E-state index contributed by atoms with van der Waals surface area (Å²) in [5, 5.41) is 0. The molecule has 120 valence electrons. The number of hydrogen-bond acceptors (Lipinski definition) is 4. The van der Waals surface area contributed by atoms with Crippen molar-refractivity contribution in [1.29, 1.82) is 0 Å². The van der Waals surface area contributed by atoms with Gasteiger partial charge in [0.05, 0.1) is 11.7 Å². The third kappa shape index (κ3) is 3.38. The predicted molar refractivity (Wildman–Crippen MR) is 84.6 cm³/mol.